The van der Waals surface area contributed by atoms with Gasteiger partial charge in [-0.05, 0) is 37.1 Å². The molecule has 2 aromatic heterocycles. The number of rotatable bonds is 5. The number of benzene rings is 1. The Morgan fingerprint density at radius 2 is 1.78 bits per heavy atom. The number of imidazole rings is 1. The van der Waals surface area contributed by atoms with Gasteiger partial charge >= 0.3 is 0 Å². The van der Waals surface area contributed by atoms with Crippen LogP contribution in [0.1, 0.15) is 38.5 Å². The van der Waals surface area contributed by atoms with Crippen LogP contribution in [-0.4, -0.2) is 64.2 Å². The van der Waals surface area contributed by atoms with Crippen LogP contribution in [0, 0.1) is 5.82 Å². The van der Waals surface area contributed by atoms with Gasteiger partial charge in [-0.15, -0.1) is 5.10 Å². The summed E-state index contributed by atoms with van der Waals surface area (Å²) in [5, 5.41) is 8.89. The molecule has 0 unspecified atom stereocenters. The lowest BCUT2D eigenvalue weighted by Gasteiger charge is -2.34. The Morgan fingerprint density at radius 3 is 2.47 bits per heavy atom. The maximum atomic E-state index is 13.2. The van der Waals surface area contributed by atoms with E-state index in [4.69, 9.17) is 5.10 Å². The van der Waals surface area contributed by atoms with E-state index in [2.05, 4.69) is 20.1 Å². The van der Waals surface area contributed by atoms with Crippen LogP contribution < -0.4 is 10.2 Å². The average Bonchev–Trinajstić information content (AvgIpc) is 3.26. The van der Waals surface area contributed by atoms with E-state index in [9.17, 15) is 9.18 Å². The molecule has 9 heteroatoms. The molecular formula is C23H29FN6OS. The number of piperazine rings is 1. The maximum absolute atomic E-state index is 13.2. The van der Waals surface area contributed by atoms with E-state index in [0.29, 0.717) is 12.6 Å². The van der Waals surface area contributed by atoms with E-state index in [0.717, 1.165) is 60.4 Å². The third kappa shape index (κ3) is 4.94. The van der Waals surface area contributed by atoms with Gasteiger partial charge < -0.3 is 10.2 Å². The molecule has 1 saturated heterocycles. The monoisotopic (exact) mass is 456 g/mol. The Morgan fingerprint density at radius 1 is 1.06 bits per heavy atom. The highest BCUT2D eigenvalue weighted by atomic mass is 32.1. The number of nitrogens with one attached hydrogen (secondary N) is 1. The van der Waals surface area contributed by atoms with Gasteiger partial charge in [0, 0.05) is 37.8 Å². The fourth-order valence-electron chi connectivity index (χ4n) is 4.57. The van der Waals surface area contributed by atoms with E-state index in [1.807, 2.05) is 6.20 Å². The Balaban J connectivity index is 1.14. The van der Waals surface area contributed by atoms with Gasteiger partial charge in [-0.25, -0.2) is 13.9 Å². The van der Waals surface area contributed by atoms with Gasteiger partial charge in [0.25, 0.3) is 0 Å². The number of halogens is 1. The number of carbonyl (C=O) groups is 1. The first-order chi connectivity index (χ1) is 15.6. The zero-order valence-corrected chi connectivity index (χ0v) is 19.0. The van der Waals surface area contributed by atoms with E-state index >= 15 is 0 Å². The van der Waals surface area contributed by atoms with Crippen molar-refractivity contribution in [3.63, 3.8) is 0 Å². The fraction of sp³-hybridized carbons (Fsp3) is 0.522. The molecule has 1 aliphatic carbocycles. The Hall–Kier alpha value is -2.52. The minimum absolute atomic E-state index is 0.159. The molecule has 2 aliphatic rings. The summed E-state index contributed by atoms with van der Waals surface area (Å²) in [6.07, 6.45) is 9.17. The summed E-state index contributed by atoms with van der Waals surface area (Å²) < 4.78 is 15.0. The molecule has 170 valence electrons. The molecule has 7 nitrogen and oxygen atoms in total. The second kappa shape index (κ2) is 9.54. The predicted octanol–water partition coefficient (Wildman–Crippen LogP) is 3.56. The molecule has 0 spiro atoms. The van der Waals surface area contributed by atoms with Crippen molar-refractivity contribution >= 4 is 27.3 Å². The standard InChI is InChI=1S/C23H29FN6OS/c24-18-9-7-17(8-10-18)20-15-30-22(26-20)32-23(27-30)29-13-11-28(12-14-29)16-21(31)25-19-5-3-1-2-4-6-19/h7-10,15,19H,1-6,11-14,16H2,(H,25,31). The molecule has 5 rings (SSSR count). The van der Waals surface area contributed by atoms with Gasteiger partial charge in [0.05, 0.1) is 18.4 Å². The molecule has 1 aliphatic heterocycles. The molecule has 1 N–H and O–H groups in total. The smallest absolute Gasteiger partial charge is 0.234 e. The minimum atomic E-state index is -0.253. The molecule has 1 amide bonds. The molecule has 1 aromatic carbocycles. The van der Waals surface area contributed by atoms with Gasteiger partial charge in [0.15, 0.2) is 0 Å². The molecule has 0 bridgehead atoms. The first-order valence-corrected chi connectivity index (χ1v) is 12.3. The van der Waals surface area contributed by atoms with Crippen LogP contribution in [-0.2, 0) is 4.79 Å². The molecule has 2 fully saturated rings. The van der Waals surface area contributed by atoms with Crippen LogP contribution >= 0.6 is 11.3 Å². The highest BCUT2D eigenvalue weighted by Gasteiger charge is 2.23. The summed E-state index contributed by atoms with van der Waals surface area (Å²) in [5.41, 5.74) is 1.67. The van der Waals surface area contributed by atoms with Crippen molar-refractivity contribution in [2.24, 2.45) is 0 Å². The number of anilines is 1. The highest BCUT2D eigenvalue weighted by molar-refractivity contribution is 7.20. The lowest BCUT2D eigenvalue weighted by Crippen LogP contribution is -2.50. The third-order valence-corrected chi connectivity index (χ3v) is 7.39. The summed E-state index contributed by atoms with van der Waals surface area (Å²) >= 11 is 1.56. The van der Waals surface area contributed by atoms with Crippen molar-refractivity contribution in [1.82, 2.24) is 24.8 Å². The number of nitrogens with zero attached hydrogens (tertiary/aromatic N) is 5. The average molecular weight is 457 g/mol. The number of aromatic nitrogens is 3. The molecule has 3 heterocycles. The van der Waals surface area contributed by atoms with Crippen LogP contribution in [0.4, 0.5) is 9.52 Å². The van der Waals surface area contributed by atoms with Crippen molar-refractivity contribution in [3.05, 3.63) is 36.3 Å². The molecule has 1 saturated carbocycles. The van der Waals surface area contributed by atoms with Crippen LogP contribution in [0.25, 0.3) is 16.2 Å². The topological polar surface area (TPSA) is 65.8 Å². The Labute approximate surface area is 191 Å². The third-order valence-electron chi connectivity index (χ3n) is 6.40. The number of fused-ring (bicyclic) bond motifs is 1. The Kier molecular flexibility index (Phi) is 6.36. The van der Waals surface area contributed by atoms with Crippen LogP contribution in [0.15, 0.2) is 30.5 Å². The predicted molar refractivity (Wildman–Crippen MR) is 125 cm³/mol. The minimum Gasteiger partial charge on any atom is -0.352 e. The summed E-state index contributed by atoms with van der Waals surface area (Å²) in [7, 11) is 0. The summed E-state index contributed by atoms with van der Waals surface area (Å²) in [6.45, 7) is 3.87. The van der Waals surface area contributed by atoms with Crippen molar-refractivity contribution in [2.75, 3.05) is 37.6 Å². The van der Waals surface area contributed by atoms with Crippen LogP contribution in [0.3, 0.4) is 0 Å². The van der Waals surface area contributed by atoms with Crippen molar-refractivity contribution in [3.8, 4) is 11.3 Å². The van der Waals surface area contributed by atoms with Crippen LogP contribution in [0.2, 0.25) is 0 Å². The SMILES string of the molecule is O=C(CN1CCN(c2nn3cc(-c4ccc(F)cc4)nc3s2)CC1)NC1CCCCCC1. The van der Waals surface area contributed by atoms with E-state index in [1.54, 1.807) is 28.0 Å². The number of carbonyl (C=O) groups excluding carboxylic acids is 1. The van der Waals surface area contributed by atoms with Crippen molar-refractivity contribution in [2.45, 2.75) is 44.6 Å². The van der Waals surface area contributed by atoms with E-state index in [-0.39, 0.29) is 11.7 Å². The first-order valence-electron chi connectivity index (χ1n) is 11.5. The maximum Gasteiger partial charge on any atom is 0.234 e. The molecular weight excluding hydrogens is 427 g/mol. The zero-order valence-electron chi connectivity index (χ0n) is 18.2. The highest BCUT2D eigenvalue weighted by Crippen LogP contribution is 2.27. The van der Waals surface area contributed by atoms with Gasteiger partial charge in [0.1, 0.15) is 5.82 Å². The normalized spacial score (nSPS) is 18.7. The molecule has 0 atom stereocenters. The van der Waals surface area contributed by atoms with Crippen molar-refractivity contribution < 1.29 is 9.18 Å². The van der Waals surface area contributed by atoms with Gasteiger partial charge in [0.2, 0.25) is 16.0 Å². The second-order valence-electron chi connectivity index (χ2n) is 8.76. The zero-order chi connectivity index (χ0) is 21.9. The van der Waals surface area contributed by atoms with Gasteiger partial charge in [-0.1, -0.05) is 37.0 Å². The summed E-state index contributed by atoms with van der Waals surface area (Å²) in [6, 6.07) is 6.70. The van der Waals surface area contributed by atoms with Gasteiger partial charge in [-0.3, -0.25) is 9.69 Å². The molecule has 3 aromatic rings. The molecule has 32 heavy (non-hydrogen) atoms. The number of amides is 1. The summed E-state index contributed by atoms with van der Waals surface area (Å²) in [4.78, 5) is 22.4. The fourth-order valence-corrected chi connectivity index (χ4v) is 5.51. The first kappa shape index (κ1) is 21.3. The van der Waals surface area contributed by atoms with Crippen LogP contribution in [0.5, 0.6) is 0 Å². The quantitative estimate of drug-likeness (QED) is 0.595. The van der Waals surface area contributed by atoms with Crippen molar-refractivity contribution in [1.29, 1.82) is 0 Å². The lowest BCUT2D eigenvalue weighted by atomic mass is 10.1. The van der Waals surface area contributed by atoms with E-state index < -0.39 is 0 Å². The largest absolute Gasteiger partial charge is 0.352 e. The van der Waals surface area contributed by atoms with Gasteiger partial charge in [-0.2, -0.15) is 0 Å². The lowest BCUT2D eigenvalue weighted by molar-refractivity contribution is -0.123. The second-order valence-corrected chi connectivity index (χ2v) is 9.70. The number of hydrogen-bond donors (Lipinski definition) is 1. The van der Waals surface area contributed by atoms with E-state index in [1.165, 1.54) is 37.8 Å². The number of hydrogen-bond acceptors (Lipinski definition) is 6. The Bertz CT molecular complexity index is 1020. The summed E-state index contributed by atoms with van der Waals surface area (Å²) in [5.74, 6) is -0.0948. The molecule has 0 radical (unpaired) electrons.